The van der Waals surface area contributed by atoms with Gasteiger partial charge in [0.1, 0.15) is 0 Å². The van der Waals surface area contributed by atoms with Crippen molar-refractivity contribution < 1.29 is 0 Å². The molecule has 0 saturated heterocycles. The van der Waals surface area contributed by atoms with Crippen LogP contribution in [-0.4, -0.2) is 19.0 Å². The van der Waals surface area contributed by atoms with E-state index in [-0.39, 0.29) is 0 Å². The minimum atomic E-state index is 0.446. The highest BCUT2D eigenvalue weighted by atomic mass is 15.1. The Morgan fingerprint density at radius 3 is 2.47 bits per heavy atom. The fourth-order valence-electron chi connectivity index (χ4n) is 1.28. The van der Waals surface area contributed by atoms with E-state index in [1.165, 1.54) is 19.3 Å². The lowest BCUT2D eigenvalue weighted by Gasteiger charge is -2.17. The zero-order valence-corrected chi connectivity index (χ0v) is 10.8. The van der Waals surface area contributed by atoms with Crippen molar-refractivity contribution in [3.05, 3.63) is 0 Å². The predicted octanol–water partition coefficient (Wildman–Crippen LogP) is 2.52. The molecule has 0 fully saturated rings. The Kier molecular flexibility index (Phi) is 7.18. The molecular weight excluding hydrogens is 186 g/mol. The third-order valence-corrected chi connectivity index (χ3v) is 2.17. The van der Waals surface area contributed by atoms with Gasteiger partial charge in [-0.3, -0.25) is 4.99 Å². The molecule has 0 aromatic heterocycles. The fraction of sp³-hybridized carbons (Fsp3) is 0.917. The highest BCUT2D eigenvalue weighted by Gasteiger charge is 2.08. The molecule has 15 heavy (non-hydrogen) atoms. The molecular formula is C12H27N3. The first-order chi connectivity index (χ1) is 6.95. The molecule has 0 bridgehead atoms. The van der Waals surface area contributed by atoms with E-state index in [0.29, 0.717) is 11.4 Å². The number of hydrogen-bond acceptors (Lipinski definition) is 1. The lowest BCUT2D eigenvalue weighted by Crippen LogP contribution is -2.32. The molecule has 3 heteroatoms. The minimum Gasteiger partial charge on any atom is -0.370 e. The second-order valence-electron chi connectivity index (χ2n) is 5.21. The van der Waals surface area contributed by atoms with Gasteiger partial charge in [-0.15, -0.1) is 0 Å². The predicted molar refractivity (Wildman–Crippen MR) is 68.1 cm³/mol. The zero-order valence-electron chi connectivity index (χ0n) is 10.8. The van der Waals surface area contributed by atoms with Crippen LogP contribution in [0.5, 0.6) is 0 Å². The fourth-order valence-corrected chi connectivity index (χ4v) is 1.28. The maximum absolute atomic E-state index is 5.67. The van der Waals surface area contributed by atoms with Crippen LogP contribution in [0.25, 0.3) is 0 Å². The van der Waals surface area contributed by atoms with E-state index in [0.717, 1.165) is 19.5 Å². The number of nitrogens with zero attached hydrogens (tertiary/aromatic N) is 1. The summed E-state index contributed by atoms with van der Waals surface area (Å²) in [5.41, 5.74) is 6.11. The molecule has 0 aromatic carbocycles. The SMILES string of the molecule is CCCN=C(N)NCCCCC(C)(C)C. The molecule has 0 aliphatic heterocycles. The molecule has 0 rings (SSSR count). The lowest BCUT2D eigenvalue weighted by atomic mass is 9.90. The first kappa shape index (κ1) is 14.3. The second-order valence-corrected chi connectivity index (χ2v) is 5.21. The van der Waals surface area contributed by atoms with Gasteiger partial charge < -0.3 is 11.1 Å². The van der Waals surface area contributed by atoms with E-state index in [1.54, 1.807) is 0 Å². The summed E-state index contributed by atoms with van der Waals surface area (Å²) in [6, 6.07) is 0. The van der Waals surface area contributed by atoms with Crippen LogP contribution >= 0.6 is 0 Å². The van der Waals surface area contributed by atoms with Crippen molar-refractivity contribution in [3.63, 3.8) is 0 Å². The van der Waals surface area contributed by atoms with Crippen molar-refractivity contribution in [2.24, 2.45) is 16.1 Å². The van der Waals surface area contributed by atoms with Gasteiger partial charge in [0.15, 0.2) is 5.96 Å². The molecule has 0 aliphatic rings. The molecule has 3 N–H and O–H groups in total. The molecule has 90 valence electrons. The van der Waals surface area contributed by atoms with E-state index < -0.39 is 0 Å². The van der Waals surface area contributed by atoms with Crippen molar-refractivity contribution in [2.45, 2.75) is 53.4 Å². The summed E-state index contributed by atoms with van der Waals surface area (Å²) in [4.78, 5) is 4.17. The van der Waals surface area contributed by atoms with Crippen molar-refractivity contribution in [2.75, 3.05) is 13.1 Å². The maximum Gasteiger partial charge on any atom is 0.188 e. The Labute approximate surface area is 94.5 Å². The number of rotatable bonds is 6. The lowest BCUT2D eigenvalue weighted by molar-refractivity contribution is 0.360. The Bertz CT molecular complexity index is 180. The van der Waals surface area contributed by atoms with Crippen LogP contribution in [-0.2, 0) is 0 Å². The van der Waals surface area contributed by atoms with E-state index >= 15 is 0 Å². The van der Waals surface area contributed by atoms with E-state index in [9.17, 15) is 0 Å². The highest BCUT2D eigenvalue weighted by Crippen LogP contribution is 2.20. The van der Waals surface area contributed by atoms with E-state index in [4.69, 9.17) is 5.73 Å². The van der Waals surface area contributed by atoms with Gasteiger partial charge in [-0.25, -0.2) is 0 Å². The summed E-state index contributed by atoms with van der Waals surface area (Å²) < 4.78 is 0. The number of nitrogens with two attached hydrogens (primary N) is 1. The number of unbranched alkanes of at least 4 members (excludes halogenated alkanes) is 1. The summed E-state index contributed by atoms with van der Waals surface area (Å²) in [5.74, 6) is 0.590. The monoisotopic (exact) mass is 213 g/mol. The number of hydrogen-bond donors (Lipinski definition) is 2. The summed E-state index contributed by atoms with van der Waals surface area (Å²) in [5, 5.41) is 3.13. The van der Waals surface area contributed by atoms with Gasteiger partial charge in [-0.05, 0) is 24.7 Å². The minimum absolute atomic E-state index is 0.446. The topological polar surface area (TPSA) is 50.4 Å². The van der Waals surface area contributed by atoms with Crippen molar-refractivity contribution >= 4 is 5.96 Å². The van der Waals surface area contributed by atoms with Crippen molar-refractivity contribution in [3.8, 4) is 0 Å². The molecule has 0 spiro atoms. The summed E-state index contributed by atoms with van der Waals surface area (Å²) in [7, 11) is 0. The number of aliphatic imine (C=N–C) groups is 1. The third kappa shape index (κ3) is 11.2. The van der Waals surface area contributed by atoms with Gasteiger partial charge in [0.05, 0.1) is 0 Å². The molecule has 0 amide bonds. The van der Waals surface area contributed by atoms with Crippen LogP contribution in [0.2, 0.25) is 0 Å². The van der Waals surface area contributed by atoms with Crippen LogP contribution in [0.3, 0.4) is 0 Å². The van der Waals surface area contributed by atoms with Gasteiger partial charge >= 0.3 is 0 Å². The van der Waals surface area contributed by atoms with Crippen molar-refractivity contribution in [1.82, 2.24) is 5.32 Å². The van der Waals surface area contributed by atoms with Crippen LogP contribution in [0, 0.1) is 5.41 Å². The molecule has 0 radical (unpaired) electrons. The molecule has 3 nitrogen and oxygen atoms in total. The number of guanidine groups is 1. The standard InChI is InChI=1S/C12H27N3/c1-5-9-14-11(13)15-10-7-6-8-12(2,3)4/h5-10H2,1-4H3,(H3,13,14,15). The molecule has 0 aliphatic carbocycles. The zero-order chi connectivity index (χ0) is 11.7. The summed E-state index contributed by atoms with van der Waals surface area (Å²) in [6.45, 7) is 10.7. The molecule has 0 unspecified atom stereocenters. The quantitative estimate of drug-likeness (QED) is 0.405. The van der Waals surface area contributed by atoms with E-state index in [1.807, 2.05) is 0 Å². The van der Waals surface area contributed by atoms with Gasteiger partial charge in [0.2, 0.25) is 0 Å². The Balaban J connectivity index is 3.39. The van der Waals surface area contributed by atoms with Crippen LogP contribution in [0.4, 0.5) is 0 Å². The Hall–Kier alpha value is -0.730. The van der Waals surface area contributed by atoms with Crippen LogP contribution in [0.1, 0.15) is 53.4 Å². The van der Waals surface area contributed by atoms with Gasteiger partial charge in [-0.2, -0.15) is 0 Å². The first-order valence-corrected chi connectivity index (χ1v) is 5.99. The summed E-state index contributed by atoms with van der Waals surface area (Å²) in [6.07, 6.45) is 4.73. The number of nitrogens with one attached hydrogen (secondary N) is 1. The van der Waals surface area contributed by atoms with Gasteiger partial charge in [0.25, 0.3) is 0 Å². The molecule has 0 saturated carbocycles. The molecule has 0 aromatic rings. The normalized spacial score (nSPS) is 12.9. The van der Waals surface area contributed by atoms with Crippen LogP contribution in [0.15, 0.2) is 4.99 Å². The largest absolute Gasteiger partial charge is 0.370 e. The van der Waals surface area contributed by atoms with E-state index in [2.05, 4.69) is 38.0 Å². The molecule has 0 heterocycles. The van der Waals surface area contributed by atoms with Gasteiger partial charge in [-0.1, -0.05) is 34.1 Å². The molecule has 0 atom stereocenters. The third-order valence-electron chi connectivity index (χ3n) is 2.17. The average Bonchev–Trinajstić information content (AvgIpc) is 2.12. The maximum atomic E-state index is 5.67. The average molecular weight is 213 g/mol. The van der Waals surface area contributed by atoms with Gasteiger partial charge in [0, 0.05) is 13.1 Å². The second kappa shape index (κ2) is 7.55. The highest BCUT2D eigenvalue weighted by molar-refractivity contribution is 5.77. The Morgan fingerprint density at radius 2 is 1.93 bits per heavy atom. The smallest absolute Gasteiger partial charge is 0.188 e. The van der Waals surface area contributed by atoms with Crippen LogP contribution < -0.4 is 11.1 Å². The first-order valence-electron chi connectivity index (χ1n) is 5.99. The van der Waals surface area contributed by atoms with Crippen molar-refractivity contribution in [1.29, 1.82) is 0 Å². The Morgan fingerprint density at radius 1 is 1.27 bits per heavy atom. The summed E-state index contributed by atoms with van der Waals surface area (Å²) >= 11 is 0.